The van der Waals surface area contributed by atoms with Crippen LogP contribution >= 0.6 is 0 Å². The van der Waals surface area contributed by atoms with Crippen molar-refractivity contribution in [1.82, 2.24) is 0 Å². The number of halogens is 4. The lowest BCUT2D eigenvalue weighted by Gasteiger charge is -2.14. The molecule has 0 aliphatic carbocycles. The largest absolute Gasteiger partial charge is 0.494 e. The van der Waals surface area contributed by atoms with Gasteiger partial charge in [0.1, 0.15) is 31.0 Å². The zero-order chi connectivity index (χ0) is 15.0. The van der Waals surface area contributed by atoms with Crippen LogP contribution in [0.25, 0.3) is 11.1 Å². The molecule has 0 aliphatic rings. The topological polar surface area (TPSA) is 9.23 Å². The van der Waals surface area contributed by atoms with Gasteiger partial charge < -0.3 is 4.74 Å². The van der Waals surface area contributed by atoms with Gasteiger partial charge in [-0.15, -0.1) is 0 Å². The quantitative estimate of drug-likeness (QED) is 0.607. The molecule has 0 spiro atoms. The molecule has 0 N–H and O–H groups in total. The second-order valence-corrected chi connectivity index (χ2v) is 4.46. The van der Waals surface area contributed by atoms with E-state index >= 15 is 0 Å². The summed E-state index contributed by atoms with van der Waals surface area (Å²) in [4.78, 5) is 0. The summed E-state index contributed by atoms with van der Waals surface area (Å²) in [5.41, 5.74) is -0.435. The highest BCUT2D eigenvalue weighted by atomic mass is 19.1. The van der Waals surface area contributed by atoms with Gasteiger partial charge in [0.2, 0.25) is 0 Å². The SMILES string of the molecule is Bc1cc(F)c(-c2cc(F)cc(F)c2C)c(F)c1OC. The van der Waals surface area contributed by atoms with E-state index in [9.17, 15) is 17.6 Å². The molecule has 20 heavy (non-hydrogen) atoms. The number of ether oxygens (including phenoxy) is 1. The van der Waals surface area contributed by atoms with Crippen LogP contribution < -0.4 is 10.2 Å². The van der Waals surface area contributed by atoms with Gasteiger partial charge >= 0.3 is 0 Å². The van der Waals surface area contributed by atoms with Gasteiger partial charge in [0.05, 0.1) is 12.7 Å². The minimum atomic E-state index is -0.974. The molecular weight excluding hydrogens is 271 g/mol. The van der Waals surface area contributed by atoms with Crippen molar-refractivity contribution in [3.63, 3.8) is 0 Å². The maximum absolute atomic E-state index is 14.3. The Labute approximate surface area is 114 Å². The van der Waals surface area contributed by atoms with Crippen molar-refractivity contribution in [2.45, 2.75) is 6.92 Å². The number of hydrogen-bond acceptors (Lipinski definition) is 1. The van der Waals surface area contributed by atoms with Crippen molar-refractivity contribution in [1.29, 1.82) is 0 Å². The van der Waals surface area contributed by atoms with Crippen molar-refractivity contribution in [3.05, 3.63) is 47.0 Å². The molecule has 6 heteroatoms. The summed E-state index contributed by atoms with van der Waals surface area (Å²) in [6, 6.07) is 2.63. The molecule has 104 valence electrons. The van der Waals surface area contributed by atoms with Crippen molar-refractivity contribution in [3.8, 4) is 16.9 Å². The van der Waals surface area contributed by atoms with Gasteiger partial charge in [-0.05, 0) is 35.6 Å². The fourth-order valence-electron chi connectivity index (χ4n) is 2.12. The second-order valence-electron chi connectivity index (χ2n) is 4.46. The Morgan fingerprint density at radius 2 is 1.65 bits per heavy atom. The summed E-state index contributed by atoms with van der Waals surface area (Å²) >= 11 is 0. The van der Waals surface area contributed by atoms with E-state index < -0.39 is 28.8 Å². The van der Waals surface area contributed by atoms with Gasteiger partial charge in [0, 0.05) is 6.07 Å². The molecule has 2 aromatic rings. The molecule has 1 nitrogen and oxygen atoms in total. The lowest BCUT2D eigenvalue weighted by Crippen LogP contribution is -2.12. The Balaban J connectivity index is 2.83. The molecule has 0 heterocycles. The Morgan fingerprint density at radius 3 is 2.25 bits per heavy atom. The maximum atomic E-state index is 14.3. The highest BCUT2D eigenvalue weighted by molar-refractivity contribution is 6.34. The Bertz CT molecular complexity index is 686. The van der Waals surface area contributed by atoms with E-state index in [0.717, 1.165) is 12.1 Å². The number of rotatable bonds is 2. The third-order valence-corrected chi connectivity index (χ3v) is 3.14. The van der Waals surface area contributed by atoms with E-state index in [2.05, 4.69) is 0 Å². The third kappa shape index (κ3) is 2.26. The van der Waals surface area contributed by atoms with Crippen molar-refractivity contribution >= 4 is 13.3 Å². The van der Waals surface area contributed by atoms with Crippen LogP contribution in [0.4, 0.5) is 17.6 Å². The summed E-state index contributed by atoms with van der Waals surface area (Å²) in [5.74, 6) is -3.78. The minimum Gasteiger partial charge on any atom is -0.494 e. The predicted molar refractivity (Wildman–Crippen MR) is 71.2 cm³/mol. The van der Waals surface area contributed by atoms with Crippen molar-refractivity contribution < 1.29 is 22.3 Å². The molecule has 2 rings (SSSR count). The van der Waals surface area contributed by atoms with E-state index in [1.165, 1.54) is 21.9 Å². The molecule has 0 radical (unpaired) electrons. The monoisotopic (exact) mass is 282 g/mol. The predicted octanol–water partition coefficient (Wildman–Crippen LogP) is 2.49. The molecule has 0 atom stereocenters. The molecule has 2 aromatic carbocycles. The lowest BCUT2D eigenvalue weighted by atomic mass is 9.90. The summed E-state index contributed by atoms with van der Waals surface area (Å²) in [5, 5.41) is 0. The normalized spacial score (nSPS) is 10.7. The molecule has 0 amide bonds. The summed E-state index contributed by atoms with van der Waals surface area (Å²) in [6.07, 6.45) is 0. The van der Waals surface area contributed by atoms with Gasteiger partial charge in [-0.1, -0.05) is 0 Å². The smallest absolute Gasteiger partial charge is 0.175 e. The Morgan fingerprint density at radius 1 is 1.00 bits per heavy atom. The maximum Gasteiger partial charge on any atom is 0.175 e. The molecule has 0 fully saturated rings. The van der Waals surface area contributed by atoms with Crippen LogP contribution in [0, 0.1) is 30.2 Å². The molecule has 0 aliphatic heterocycles. The zero-order valence-corrected chi connectivity index (χ0v) is 11.2. The molecule has 0 unspecified atom stereocenters. The van der Waals surface area contributed by atoms with E-state index in [0.29, 0.717) is 6.07 Å². The van der Waals surface area contributed by atoms with Crippen molar-refractivity contribution in [2.24, 2.45) is 0 Å². The van der Waals surface area contributed by atoms with E-state index in [1.807, 2.05) is 0 Å². The fraction of sp³-hybridized carbons (Fsp3) is 0.143. The fourth-order valence-corrected chi connectivity index (χ4v) is 2.12. The van der Waals surface area contributed by atoms with Crippen LogP contribution in [0.15, 0.2) is 18.2 Å². The first-order chi connectivity index (χ1) is 9.36. The number of hydrogen-bond donors (Lipinski definition) is 0. The lowest BCUT2D eigenvalue weighted by molar-refractivity contribution is 0.389. The summed E-state index contributed by atoms with van der Waals surface area (Å²) in [6.45, 7) is 1.33. The van der Waals surface area contributed by atoms with Gasteiger partial charge in [-0.25, -0.2) is 17.6 Å². The highest BCUT2D eigenvalue weighted by Crippen LogP contribution is 2.33. The summed E-state index contributed by atoms with van der Waals surface area (Å²) in [7, 11) is 2.72. The Kier molecular flexibility index (Phi) is 3.75. The molecule has 0 saturated heterocycles. The van der Waals surface area contributed by atoms with Crippen LogP contribution in [0.1, 0.15) is 5.56 Å². The second kappa shape index (κ2) is 5.19. The van der Waals surface area contributed by atoms with E-state index in [4.69, 9.17) is 4.74 Å². The van der Waals surface area contributed by atoms with Crippen LogP contribution in [-0.4, -0.2) is 15.0 Å². The van der Waals surface area contributed by atoms with Crippen LogP contribution in [0.3, 0.4) is 0 Å². The van der Waals surface area contributed by atoms with Gasteiger partial charge in [-0.3, -0.25) is 0 Å². The van der Waals surface area contributed by atoms with E-state index in [-0.39, 0.29) is 22.3 Å². The van der Waals surface area contributed by atoms with Gasteiger partial charge in [0.25, 0.3) is 0 Å². The van der Waals surface area contributed by atoms with Crippen LogP contribution in [0.5, 0.6) is 5.75 Å². The first-order valence-electron chi connectivity index (χ1n) is 5.85. The highest BCUT2D eigenvalue weighted by Gasteiger charge is 2.21. The molecule has 0 bridgehead atoms. The standard InChI is InChI=1S/C14H11BF4O/c1-6-8(3-7(16)4-10(6)17)12-11(18)5-9(15)14(20-2)13(12)19/h3-5H,15H2,1-2H3. The Hall–Kier alpha value is -1.98. The van der Waals surface area contributed by atoms with Gasteiger partial charge in [0.15, 0.2) is 5.82 Å². The first-order valence-corrected chi connectivity index (χ1v) is 5.85. The summed E-state index contributed by atoms with van der Waals surface area (Å²) < 4.78 is 60.0. The van der Waals surface area contributed by atoms with Gasteiger partial charge in [-0.2, -0.15) is 0 Å². The number of benzene rings is 2. The van der Waals surface area contributed by atoms with E-state index in [1.54, 1.807) is 0 Å². The average Bonchev–Trinajstić information content (AvgIpc) is 2.35. The van der Waals surface area contributed by atoms with Crippen LogP contribution in [0.2, 0.25) is 0 Å². The molecule has 0 saturated carbocycles. The van der Waals surface area contributed by atoms with Crippen molar-refractivity contribution in [2.75, 3.05) is 7.11 Å². The minimum absolute atomic E-state index is 0.0323. The first kappa shape index (κ1) is 14.4. The third-order valence-electron chi connectivity index (χ3n) is 3.14. The average molecular weight is 282 g/mol. The van der Waals surface area contributed by atoms with Crippen LogP contribution in [-0.2, 0) is 0 Å². The number of methoxy groups -OCH3 is 1. The zero-order valence-electron chi connectivity index (χ0n) is 11.2. The molecule has 0 aromatic heterocycles. The molecular formula is C14H11BF4O.